The van der Waals surface area contributed by atoms with Gasteiger partial charge in [0, 0.05) is 6.42 Å². The molecule has 3 rings (SSSR count). The predicted molar refractivity (Wildman–Crippen MR) is 374 cm³/mol. The van der Waals surface area contributed by atoms with Gasteiger partial charge < -0.3 is 89.9 Å². The molecule has 3 aliphatic rings. The van der Waals surface area contributed by atoms with E-state index in [2.05, 4.69) is 116 Å². The second kappa shape index (κ2) is 56.2. The Balaban J connectivity index is 1.33. The van der Waals surface area contributed by atoms with Crippen molar-refractivity contribution >= 4 is 5.91 Å². The van der Waals surface area contributed by atoms with Crippen LogP contribution < -0.4 is 5.32 Å². The number of hydrogen-bond donors (Lipinski definition) is 12. The molecule has 0 aromatic carbocycles. The fourth-order valence-electron chi connectivity index (χ4n) is 11.6. The number of unbranched alkanes of at least 4 members (excludes halogenated alkanes) is 23. The Kier molecular flexibility index (Phi) is 50.7. The fourth-order valence-corrected chi connectivity index (χ4v) is 11.6. The molecule has 1 amide bonds. The smallest absolute Gasteiger partial charge is 0.220 e. The van der Waals surface area contributed by atoms with E-state index in [0.29, 0.717) is 12.8 Å². The van der Waals surface area contributed by atoms with Crippen LogP contribution in [0.3, 0.4) is 0 Å². The van der Waals surface area contributed by atoms with Crippen molar-refractivity contribution in [2.45, 2.75) is 336 Å². The van der Waals surface area contributed by atoms with Crippen LogP contribution in [0.5, 0.6) is 0 Å². The second-order valence-corrected chi connectivity index (χ2v) is 25.6. The van der Waals surface area contributed by atoms with Gasteiger partial charge in [-0.15, -0.1) is 0 Å². The highest BCUT2D eigenvalue weighted by atomic mass is 16.8. The lowest BCUT2D eigenvalue weighted by atomic mass is 9.96. The standard InChI is InChI=1S/C76H129NO18/c1-3-5-7-9-11-13-15-17-18-19-20-21-22-23-24-25-26-27-28-29-30-31-32-33-34-35-36-37-38-39-40-42-44-46-48-50-52-54-64(82)77-59(60(81)53-51-49-47-45-43-41-16-14-12-10-8-6-4-2)58-90-74-70(88)67(85)72(62(56-79)92-74)95-76-71(89)68(86)73(63(57-80)93-76)94-75-69(87)66(84)65(83)61(55-78)91-75/h5,7,11-14,17-18,20-21,23-24,26-27,43,45,51,53,59-63,65-76,78-81,83-89H,3-4,6,8-10,15-16,19,22,25,28-42,44,46-50,52,54-58H2,1-2H3,(H,77,82)/b7-5-,13-11-,14-12+,18-17-,21-20-,24-23-,27-26-,45-43+,53-51+. The zero-order chi connectivity index (χ0) is 68.9. The molecule has 3 aliphatic heterocycles. The van der Waals surface area contributed by atoms with Crippen molar-refractivity contribution in [2.24, 2.45) is 0 Å². The number of hydrogen-bond acceptors (Lipinski definition) is 18. The Morgan fingerprint density at radius 2 is 0.737 bits per heavy atom. The van der Waals surface area contributed by atoms with Gasteiger partial charge in [-0.1, -0.05) is 239 Å². The van der Waals surface area contributed by atoms with Crippen LogP contribution in [0.25, 0.3) is 0 Å². The van der Waals surface area contributed by atoms with Gasteiger partial charge in [0.1, 0.15) is 73.2 Å². The van der Waals surface area contributed by atoms with Gasteiger partial charge >= 0.3 is 0 Å². The SMILES string of the molecule is CC/C=C\C/C=C\C/C=C\C/C=C\C/C=C\C/C=C\CCCCCCCCCCCCCCCCCCCCC(=O)NC(COC1OC(CO)C(OC2OC(CO)C(OC3OC(CO)C(O)C(O)C3O)C(O)C2O)C(O)C1O)C(O)/C=C/CC/C=C/CC/C=C/CCCCC. The van der Waals surface area contributed by atoms with Gasteiger partial charge in [-0.2, -0.15) is 0 Å². The third kappa shape index (κ3) is 37.5. The van der Waals surface area contributed by atoms with Crippen LogP contribution in [0.2, 0.25) is 0 Å². The van der Waals surface area contributed by atoms with Crippen LogP contribution in [-0.4, -0.2) is 193 Å². The van der Waals surface area contributed by atoms with Crippen molar-refractivity contribution in [3.05, 3.63) is 109 Å². The van der Waals surface area contributed by atoms with E-state index >= 15 is 0 Å². The Bertz CT molecular complexity index is 2140. The summed E-state index contributed by atoms with van der Waals surface area (Å²) in [5, 5.41) is 120. The van der Waals surface area contributed by atoms with Gasteiger partial charge in [0.2, 0.25) is 5.91 Å². The number of rotatable bonds is 55. The molecule has 19 heteroatoms. The number of amides is 1. The van der Waals surface area contributed by atoms with E-state index in [4.69, 9.17) is 28.4 Å². The summed E-state index contributed by atoms with van der Waals surface area (Å²) in [5.74, 6) is -0.293. The molecule has 17 unspecified atom stereocenters. The Morgan fingerprint density at radius 3 is 1.18 bits per heavy atom. The van der Waals surface area contributed by atoms with Crippen molar-refractivity contribution in [1.29, 1.82) is 0 Å². The molecule has 12 N–H and O–H groups in total. The molecule has 3 fully saturated rings. The molecule has 0 saturated carbocycles. The second-order valence-electron chi connectivity index (χ2n) is 25.6. The molecular formula is C76H129NO18. The molecule has 0 aromatic heterocycles. The number of aliphatic hydroxyl groups excluding tert-OH is 11. The lowest BCUT2D eigenvalue weighted by molar-refractivity contribution is -0.379. The topological polar surface area (TPSA) is 307 Å². The number of nitrogens with one attached hydrogen (secondary N) is 1. The highest BCUT2D eigenvalue weighted by Gasteiger charge is 2.53. The predicted octanol–water partition coefficient (Wildman–Crippen LogP) is 10.6. The summed E-state index contributed by atoms with van der Waals surface area (Å²) in [4.78, 5) is 13.4. The number of carbonyl (C=O) groups is 1. The fraction of sp³-hybridized carbons (Fsp3) is 0.750. The average molecular weight is 1340 g/mol. The lowest BCUT2D eigenvalue weighted by Gasteiger charge is -2.48. The molecule has 3 saturated heterocycles. The van der Waals surface area contributed by atoms with E-state index in [0.717, 1.165) is 83.5 Å². The lowest BCUT2D eigenvalue weighted by Crippen LogP contribution is -2.66. The van der Waals surface area contributed by atoms with Gasteiger partial charge in [0.05, 0.1) is 38.6 Å². The minimum absolute atomic E-state index is 0.228. The van der Waals surface area contributed by atoms with Crippen molar-refractivity contribution in [1.82, 2.24) is 5.32 Å². The van der Waals surface area contributed by atoms with Crippen LogP contribution in [0.15, 0.2) is 109 Å². The number of aliphatic hydroxyl groups is 11. The summed E-state index contributed by atoms with van der Waals surface area (Å²) in [6.45, 7) is 1.54. The zero-order valence-electron chi connectivity index (χ0n) is 57.9. The van der Waals surface area contributed by atoms with Crippen LogP contribution in [0.4, 0.5) is 0 Å². The van der Waals surface area contributed by atoms with E-state index in [9.17, 15) is 61.0 Å². The molecule has 0 aromatic rings. The van der Waals surface area contributed by atoms with Gasteiger partial charge in [-0.25, -0.2) is 0 Å². The molecule has 0 aliphatic carbocycles. The van der Waals surface area contributed by atoms with E-state index < -0.39 is 124 Å². The summed E-state index contributed by atoms with van der Waals surface area (Å²) < 4.78 is 34.3. The highest BCUT2D eigenvalue weighted by Crippen LogP contribution is 2.33. The highest BCUT2D eigenvalue weighted by molar-refractivity contribution is 5.76. The minimum atomic E-state index is -1.99. The van der Waals surface area contributed by atoms with Gasteiger partial charge in [0.15, 0.2) is 18.9 Å². The van der Waals surface area contributed by atoms with E-state index in [1.54, 1.807) is 6.08 Å². The maximum absolute atomic E-state index is 13.4. The first-order chi connectivity index (χ1) is 46.3. The summed E-state index contributed by atoms with van der Waals surface area (Å²) in [5.41, 5.74) is 0. The number of carbonyl (C=O) groups excluding carboxylic acids is 1. The molecule has 546 valence electrons. The third-order valence-electron chi connectivity index (χ3n) is 17.5. The molecule has 95 heavy (non-hydrogen) atoms. The Hall–Kier alpha value is -3.55. The van der Waals surface area contributed by atoms with E-state index in [1.807, 2.05) is 6.08 Å². The molecule has 19 nitrogen and oxygen atoms in total. The van der Waals surface area contributed by atoms with Crippen molar-refractivity contribution < 1.29 is 89.4 Å². The van der Waals surface area contributed by atoms with E-state index in [1.165, 1.54) is 116 Å². The summed E-state index contributed by atoms with van der Waals surface area (Å²) in [6, 6.07) is -1.00. The summed E-state index contributed by atoms with van der Waals surface area (Å²) >= 11 is 0. The largest absolute Gasteiger partial charge is 0.394 e. The molecule has 0 spiro atoms. The molecular weight excluding hydrogens is 1210 g/mol. The zero-order valence-corrected chi connectivity index (χ0v) is 57.9. The van der Waals surface area contributed by atoms with Gasteiger partial charge in [0.25, 0.3) is 0 Å². The van der Waals surface area contributed by atoms with Crippen LogP contribution in [0, 0.1) is 0 Å². The first-order valence-corrected chi connectivity index (χ1v) is 36.6. The van der Waals surface area contributed by atoms with Crippen LogP contribution in [0.1, 0.15) is 232 Å². The first kappa shape index (κ1) is 85.7. The third-order valence-corrected chi connectivity index (χ3v) is 17.5. The van der Waals surface area contributed by atoms with Crippen molar-refractivity contribution in [2.75, 3.05) is 26.4 Å². The Labute approximate surface area is 570 Å². The first-order valence-electron chi connectivity index (χ1n) is 36.6. The van der Waals surface area contributed by atoms with E-state index in [-0.39, 0.29) is 18.9 Å². The summed E-state index contributed by atoms with van der Waals surface area (Å²) in [7, 11) is 0. The van der Waals surface area contributed by atoms with Crippen LogP contribution in [-0.2, 0) is 33.2 Å². The minimum Gasteiger partial charge on any atom is -0.394 e. The molecule has 0 radical (unpaired) electrons. The van der Waals surface area contributed by atoms with Gasteiger partial charge in [-0.3, -0.25) is 4.79 Å². The molecule has 3 heterocycles. The Morgan fingerprint density at radius 1 is 0.389 bits per heavy atom. The molecule has 0 bridgehead atoms. The van der Waals surface area contributed by atoms with Crippen LogP contribution >= 0.6 is 0 Å². The van der Waals surface area contributed by atoms with Gasteiger partial charge in [-0.05, 0) is 96.3 Å². The normalized spacial score (nSPS) is 27.9. The van der Waals surface area contributed by atoms with Crippen molar-refractivity contribution in [3.63, 3.8) is 0 Å². The number of allylic oxidation sites excluding steroid dienone is 17. The van der Waals surface area contributed by atoms with Crippen molar-refractivity contribution in [3.8, 4) is 0 Å². The maximum atomic E-state index is 13.4. The maximum Gasteiger partial charge on any atom is 0.220 e. The quantitative estimate of drug-likeness (QED) is 0.0199. The monoisotopic (exact) mass is 1340 g/mol. The average Bonchev–Trinajstić information content (AvgIpc) is 0.791. The summed E-state index contributed by atoms with van der Waals surface area (Å²) in [6.07, 6.45) is 49.5. The number of ether oxygens (including phenoxy) is 6. The molecule has 17 atom stereocenters.